The Morgan fingerprint density at radius 1 is 1.06 bits per heavy atom. The predicted molar refractivity (Wildman–Crippen MR) is 129 cm³/mol. The summed E-state index contributed by atoms with van der Waals surface area (Å²) in [6.45, 7) is 8.83. The minimum Gasteiger partial charge on any atom is -0.457 e. The van der Waals surface area contributed by atoms with E-state index in [4.69, 9.17) is 9.47 Å². The Morgan fingerprint density at radius 2 is 1.88 bits per heavy atom. The van der Waals surface area contributed by atoms with Crippen LogP contribution in [0.15, 0.2) is 60.7 Å². The van der Waals surface area contributed by atoms with Crippen LogP contribution < -0.4 is 10.1 Å². The molecule has 0 saturated heterocycles. The Labute approximate surface area is 190 Å². The number of hydrogen-bond acceptors (Lipinski definition) is 4. The SMILES string of the molecule is CCCOC(C)Cc1ccc(C(=O)Nc2cccc(Oc3ccccc3CC)c2)c(C)n1. The fourth-order valence-corrected chi connectivity index (χ4v) is 3.50. The number of para-hydroxylation sites is 1. The number of aromatic nitrogens is 1. The normalized spacial score (nSPS) is 11.8. The van der Waals surface area contributed by atoms with Crippen LogP contribution in [0.5, 0.6) is 11.5 Å². The summed E-state index contributed by atoms with van der Waals surface area (Å²) < 4.78 is 11.8. The average molecular weight is 433 g/mol. The van der Waals surface area contributed by atoms with Crippen molar-refractivity contribution < 1.29 is 14.3 Å². The highest BCUT2D eigenvalue weighted by Crippen LogP contribution is 2.27. The Balaban J connectivity index is 1.67. The number of amides is 1. The third-order valence-corrected chi connectivity index (χ3v) is 5.16. The quantitative estimate of drug-likeness (QED) is 0.405. The molecule has 5 nitrogen and oxygen atoms in total. The standard InChI is InChI=1S/C27H32N2O3/c1-5-16-31-19(3)17-23-14-15-25(20(4)28-23)27(30)29-22-11-9-12-24(18-22)32-26-13-8-7-10-21(26)6-2/h7-15,18-19H,5-6,16-17H2,1-4H3,(H,29,30). The zero-order valence-corrected chi connectivity index (χ0v) is 19.4. The van der Waals surface area contributed by atoms with Crippen LogP contribution in [0, 0.1) is 6.92 Å². The first-order valence-electron chi connectivity index (χ1n) is 11.3. The molecule has 1 aromatic heterocycles. The molecule has 1 N–H and O–H groups in total. The van der Waals surface area contributed by atoms with Gasteiger partial charge in [-0.2, -0.15) is 0 Å². The van der Waals surface area contributed by atoms with Gasteiger partial charge in [-0.25, -0.2) is 0 Å². The van der Waals surface area contributed by atoms with Gasteiger partial charge >= 0.3 is 0 Å². The third-order valence-electron chi connectivity index (χ3n) is 5.16. The summed E-state index contributed by atoms with van der Waals surface area (Å²) in [6, 6.07) is 19.1. The van der Waals surface area contributed by atoms with Crippen molar-refractivity contribution in [3.63, 3.8) is 0 Å². The molecule has 1 atom stereocenters. The molecule has 0 fully saturated rings. The molecule has 168 valence electrons. The van der Waals surface area contributed by atoms with Gasteiger partial charge in [-0.15, -0.1) is 0 Å². The number of hydrogen-bond donors (Lipinski definition) is 1. The smallest absolute Gasteiger partial charge is 0.257 e. The number of aryl methyl sites for hydroxylation is 2. The second kappa shape index (κ2) is 11.4. The van der Waals surface area contributed by atoms with Crippen LogP contribution in [0.25, 0.3) is 0 Å². The molecule has 0 aliphatic heterocycles. The van der Waals surface area contributed by atoms with Crippen LogP contribution >= 0.6 is 0 Å². The monoisotopic (exact) mass is 432 g/mol. The molecule has 2 aromatic carbocycles. The molecule has 0 aliphatic carbocycles. The molecule has 3 aromatic rings. The largest absolute Gasteiger partial charge is 0.457 e. The zero-order valence-electron chi connectivity index (χ0n) is 19.4. The minimum absolute atomic E-state index is 0.0992. The van der Waals surface area contributed by atoms with Gasteiger partial charge in [0.1, 0.15) is 11.5 Å². The number of pyridine rings is 1. The molecule has 1 amide bonds. The summed E-state index contributed by atoms with van der Waals surface area (Å²) in [5.74, 6) is 1.31. The Hall–Kier alpha value is -3.18. The van der Waals surface area contributed by atoms with Gasteiger partial charge in [0, 0.05) is 30.5 Å². The molecule has 0 aliphatic rings. The Bertz CT molecular complexity index is 1050. The van der Waals surface area contributed by atoms with Gasteiger partial charge in [0.15, 0.2) is 0 Å². The molecule has 0 spiro atoms. The lowest BCUT2D eigenvalue weighted by atomic mass is 10.1. The average Bonchev–Trinajstić information content (AvgIpc) is 2.78. The van der Waals surface area contributed by atoms with E-state index in [0.717, 1.165) is 42.9 Å². The van der Waals surface area contributed by atoms with Gasteiger partial charge in [0.05, 0.1) is 17.4 Å². The Kier molecular flexibility index (Phi) is 8.40. The predicted octanol–water partition coefficient (Wildman–Crippen LogP) is 6.35. The van der Waals surface area contributed by atoms with Gasteiger partial charge in [-0.1, -0.05) is 38.1 Å². The molecular formula is C27H32N2O3. The van der Waals surface area contributed by atoms with Crippen molar-refractivity contribution in [1.29, 1.82) is 0 Å². The first kappa shape index (κ1) is 23.5. The van der Waals surface area contributed by atoms with E-state index in [-0.39, 0.29) is 12.0 Å². The minimum atomic E-state index is -0.192. The van der Waals surface area contributed by atoms with Gasteiger partial charge < -0.3 is 14.8 Å². The molecule has 32 heavy (non-hydrogen) atoms. The maximum atomic E-state index is 12.9. The van der Waals surface area contributed by atoms with E-state index in [2.05, 4.69) is 30.2 Å². The maximum absolute atomic E-state index is 12.9. The van der Waals surface area contributed by atoms with Crippen LogP contribution in [-0.2, 0) is 17.6 Å². The molecule has 0 bridgehead atoms. The number of benzene rings is 2. The highest BCUT2D eigenvalue weighted by Gasteiger charge is 2.13. The summed E-state index contributed by atoms with van der Waals surface area (Å²) in [5.41, 5.74) is 3.99. The first-order valence-corrected chi connectivity index (χ1v) is 11.3. The highest BCUT2D eigenvalue weighted by molar-refractivity contribution is 6.05. The van der Waals surface area contributed by atoms with Crippen molar-refractivity contribution in [2.24, 2.45) is 0 Å². The second-order valence-corrected chi connectivity index (χ2v) is 7.87. The number of rotatable bonds is 10. The lowest BCUT2D eigenvalue weighted by Crippen LogP contribution is -2.16. The summed E-state index contributed by atoms with van der Waals surface area (Å²) in [6.07, 6.45) is 2.70. The fraction of sp³-hybridized carbons (Fsp3) is 0.333. The molecule has 3 rings (SSSR count). The lowest BCUT2D eigenvalue weighted by Gasteiger charge is -2.14. The number of carbonyl (C=O) groups excluding carboxylic acids is 1. The van der Waals surface area contributed by atoms with E-state index in [1.807, 2.05) is 68.4 Å². The zero-order chi connectivity index (χ0) is 22.9. The van der Waals surface area contributed by atoms with Crippen LogP contribution in [0.1, 0.15) is 54.5 Å². The highest BCUT2D eigenvalue weighted by atomic mass is 16.5. The molecular weight excluding hydrogens is 400 g/mol. The number of carbonyl (C=O) groups is 1. The van der Waals surface area contributed by atoms with Crippen molar-refractivity contribution in [2.45, 2.75) is 53.1 Å². The lowest BCUT2D eigenvalue weighted by molar-refractivity contribution is 0.0663. The van der Waals surface area contributed by atoms with Gasteiger partial charge in [-0.05, 0) is 62.6 Å². The van der Waals surface area contributed by atoms with Crippen LogP contribution in [0.4, 0.5) is 5.69 Å². The number of ether oxygens (including phenoxy) is 2. The second-order valence-electron chi connectivity index (χ2n) is 7.87. The van der Waals surface area contributed by atoms with Crippen molar-refractivity contribution >= 4 is 11.6 Å². The summed E-state index contributed by atoms with van der Waals surface area (Å²) in [5, 5.41) is 2.96. The van der Waals surface area contributed by atoms with E-state index in [9.17, 15) is 4.79 Å². The first-order chi connectivity index (χ1) is 15.5. The molecule has 0 saturated carbocycles. The van der Waals surface area contributed by atoms with Gasteiger partial charge in [-0.3, -0.25) is 9.78 Å². The van der Waals surface area contributed by atoms with E-state index in [0.29, 0.717) is 22.7 Å². The number of nitrogens with zero attached hydrogens (tertiary/aromatic N) is 1. The van der Waals surface area contributed by atoms with Crippen molar-refractivity contribution in [3.8, 4) is 11.5 Å². The molecule has 1 heterocycles. The summed E-state index contributed by atoms with van der Waals surface area (Å²) in [4.78, 5) is 17.5. The summed E-state index contributed by atoms with van der Waals surface area (Å²) in [7, 11) is 0. The topological polar surface area (TPSA) is 60.5 Å². The van der Waals surface area contributed by atoms with Gasteiger partial charge in [0.25, 0.3) is 5.91 Å². The van der Waals surface area contributed by atoms with Gasteiger partial charge in [0.2, 0.25) is 0 Å². The number of anilines is 1. The molecule has 0 radical (unpaired) electrons. The fourth-order valence-electron chi connectivity index (χ4n) is 3.50. The van der Waals surface area contributed by atoms with Crippen molar-refractivity contribution in [3.05, 3.63) is 83.2 Å². The molecule has 1 unspecified atom stereocenters. The molecule has 5 heteroatoms. The van der Waals surface area contributed by atoms with Crippen molar-refractivity contribution in [2.75, 3.05) is 11.9 Å². The van der Waals surface area contributed by atoms with E-state index in [1.165, 1.54) is 0 Å². The van der Waals surface area contributed by atoms with Crippen LogP contribution in [0.3, 0.4) is 0 Å². The van der Waals surface area contributed by atoms with E-state index >= 15 is 0 Å². The van der Waals surface area contributed by atoms with E-state index in [1.54, 1.807) is 0 Å². The van der Waals surface area contributed by atoms with Crippen molar-refractivity contribution in [1.82, 2.24) is 4.98 Å². The van der Waals surface area contributed by atoms with Crippen LogP contribution in [-0.4, -0.2) is 23.6 Å². The maximum Gasteiger partial charge on any atom is 0.257 e. The van der Waals surface area contributed by atoms with Crippen LogP contribution in [0.2, 0.25) is 0 Å². The Morgan fingerprint density at radius 3 is 2.62 bits per heavy atom. The summed E-state index contributed by atoms with van der Waals surface area (Å²) >= 11 is 0. The third kappa shape index (κ3) is 6.41. The van der Waals surface area contributed by atoms with E-state index < -0.39 is 0 Å². The number of nitrogens with one attached hydrogen (secondary N) is 1.